The number of carbonyl (C=O) groups excluding carboxylic acids is 2. The molecule has 4 saturated carbocycles. The van der Waals surface area contributed by atoms with E-state index in [9.17, 15) is 9.59 Å². The molecule has 0 spiro atoms. The van der Waals surface area contributed by atoms with Crippen LogP contribution in [0.5, 0.6) is 0 Å². The third-order valence-corrected chi connectivity index (χ3v) is 8.95. The number of fused-ring (bicyclic) bond motifs is 5. The first-order valence-corrected chi connectivity index (χ1v) is 10.7. The molecule has 0 aromatic rings. The predicted octanol–water partition coefficient (Wildman–Crippen LogP) is 5.09. The summed E-state index contributed by atoms with van der Waals surface area (Å²) in [4.78, 5) is 24.0. The van der Waals surface area contributed by atoms with Gasteiger partial charge in [0.2, 0.25) is 0 Å². The van der Waals surface area contributed by atoms with Gasteiger partial charge in [-0.2, -0.15) is 0 Å². The van der Waals surface area contributed by atoms with Crippen LogP contribution in [0.1, 0.15) is 79.1 Å². The number of Topliss-reactive ketones (excluding diaryl/α,β-unsaturated/α-hetero) is 1. The monoisotopic (exact) mass is 358 g/mol. The van der Waals surface area contributed by atoms with E-state index in [-0.39, 0.29) is 17.5 Å². The molecule has 4 aliphatic carbocycles. The van der Waals surface area contributed by atoms with Gasteiger partial charge in [0.05, 0.1) is 0 Å². The highest BCUT2D eigenvalue weighted by molar-refractivity contribution is 5.99. The zero-order valence-corrected chi connectivity index (χ0v) is 16.8. The van der Waals surface area contributed by atoms with E-state index in [2.05, 4.69) is 19.9 Å². The Balaban J connectivity index is 1.57. The fourth-order valence-electron chi connectivity index (χ4n) is 7.71. The Morgan fingerprint density at radius 2 is 1.88 bits per heavy atom. The third kappa shape index (κ3) is 2.52. The Bertz CT molecular complexity index is 650. The normalized spacial score (nSPS) is 49.3. The minimum absolute atomic E-state index is 0.116. The quantitative estimate of drug-likeness (QED) is 0.484. The summed E-state index contributed by atoms with van der Waals surface area (Å²) in [6, 6.07) is 0. The van der Waals surface area contributed by atoms with Gasteiger partial charge in [0.25, 0.3) is 0 Å². The van der Waals surface area contributed by atoms with Crippen LogP contribution in [0.4, 0.5) is 0 Å². The summed E-state index contributed by atoms with van der Waals surface area (Å²) in [7, 11) is 0. The van der Waals surface area contributed by atoms with Gasteiger partial charge in [-0.25, -0.2) is 0 Å². The molecule has 0 bridgehead atoms. The van der Waals surface area contributed by atoms with Crippen LogP contribution in [0.2, 0.25) is 0 Å². The van der Waals surface area contributed by atoms with Crippen LogP contribution in [0.25, 0.3) is 0 Å². The number of ether oxygens (including phenoxy) is 1. The van der Waals surface area contributed by atoms with Crippen LogP contribution in [-0.4, -0.2) is 17.9 Å². The van der Waals surface area contributed by atoms with Crippen molar-refractivity contribution >= 4 is 11.8 Å². The van der Waals surface area contributed by atoms with E-state index in [1.807, 2.05) is 6.92 Å². The van der Waals surface area contributed by atoms with Gasteiger partial charge in [0.1, 0.15) is 6.10 Å². The third-order valence-electron chi connectivity index (χ3n) is 8.95. The highest BCUT2D eigenvalue weighted by Gasteiger charge is 2.60. The minimum atomic E-state index is -0.135. The number of allylic oxidation sites excluding steroid dienone is 2. The number of ketones is 1. The summed E-state index contributed by atoms with van der Waals surface area (Å²) in [6.45, 7) is 8.44. The molecule has 0 aromatic carbocycles. The summed E-state index contributed by atoms with van der Waals surface area (Å²) in [5.41, 5.74) is 1.60. The maximum absolute atomic E-state index is 12.6. The van der Waals surface area contributed by atoms with Gasteiger partial charge in [0.15, 0.2) is 5.78 Å². The molecule has 0 aliphatic heterocycles. The SMILES string of the molecule is C/C=C1/C(=O)C[C@H]2[C@@H]3CC[C@H]4C[C@H](OC(C)=O)CC[C@]4(C)[C@H]3CC[C@]12C. The number of carbonyl (C=O) groups is 2. The maximum atomic E-state index is 12.6. The van der Waals surface area contributed by atoms with Crippen molar-refractivity contribution in [3.8, 4) is 0 Å². The zero-order chi connectivity index (χ0) is 18.7. The Hall–Kier alpha value is -1.12. The molecular weight excluding hydrogens is 324 g/mol. The second-order valence-electron chi connectivity index (χ2n) is 9.95. The topological polar surface area (TPSA) is 43.4 Å². The van der Waals surface area contributed by atoms with Crippen molar-refractivity contribution in [1.29, 1.82) is 0 Å². The predicted molar refractivity (Wildman–Crippen MR) is 101 cm³/mol. The van der Waals surface area contributed by atoms with Crippen molar-refractivity contribution in [2.75, 3.05) is 0 Å². The van der Waals surface area contributed by atoms with Crippen molar-refractivity contribution in [2.45, 2.75) is 85.2 Å². The molecule has 0 N–H and O–H groups in total. The van der Waals surface area contributed by atoms with E-state index in [4.69, 9.17) is 4.74 Å². The zero-order valence-electron chi connectivity index (χ0n) is 16.8. The van der Waals surface area contributed by atoms with Crippen molar-refractivity contribution in [2.24, 2.45) is 34.5 Å². The molecule has 3 nitrogen and oxygen atoms in total. The lowest BCUT2D eigenvalue weighted by atomic mass is 9.45. The van der Waals surface area contributed by atoms with E-state index in [1.54, 1.807) is 0 Å². The molecule has 0 radical (unpaired) electrons. The van der Waals surface area contributed by atoms with Crippen molar-refractivity contribution < 1.29 is 14.3 Å². The fourth-order valence-corrected chi connectivity index (χ4v) is 7.71. The summed E-state index contributed by atoms with van der Waals surface area (Å²) < 4.78 is 5.56. The Morgan fingerprint density at radius 1 is 1.12 bits per heavy atom. The highest BCUT2D eigenvalue weighted by atomic mass is 16.5. The summed E-state index contributed by atoms with van der Waals surface area (Å²) in [5.74, 6) is 2.92. The molecule has 4 aliphatic rings. The Kier molecular flexibility index (Phi) is 4.36. The molecule has 0 aromatic heterocycles. The van der Waals surface area contributed by atoms with Crippen molar-refractivity contribution in [1.82, 2.24) is 0 Å². The summed E-state index contributed by atoms with van der Waals surface area (Å²) in [6.07, 6.45) is 11.1. The van der Waals surface area contributed by atoms with Gasteiger partial charge in [0, 0.05) is 13.3 Å². The van der Waals surface area contributed by atoms with Crippen LogP contribution in [0.15, 0.2) is 11.6 Å². The standard InChI is InChI=1S/C23H34O3/c1-5-18-21(25)13-20-17-7-6-15-12-16(26-14(2)24)8-10-22(15,3)19(17)9-11-23(18,20)4/h5,15-17,19-20H,6-13H2,1-4H3/b18-5-/t15-,16+,17+,19-,20-,22-,23+/m0/s1. The van der Waals surface area contributed by atoms with Gasteiger partial charge in [-0.1, -0.05) is 19.9 Å². The number of hydrogen-bond acceptors (Lipinski definition) is 3. The lowest BCUT2D eigenvalue weighted by molar-refractivity contribution is -0.158. The molecule has 0 heterocycles. The molecule has 7 atom stereocenters. The van der Waals surface area contributed by atoms with Gasteiger partial charge in [-0.15, -0.1) is 0 Å². The summed E-state index contributed by atoms with van der Waals surface area (Å²) in [5, 5.41) is 0. The van der Waals surface area contributed by atoms with Crippen LogP contribution in [0.3, 0.4) is 0 Å². The van der Waals surface area contributed by atoms with Gasteiger partial charge < -0.3 is 4.74 Å². The average Bonchev–Trinajstić information content (AvgIpc) is 2.84. The maximum Gasteiger partial charge on any atom is 0.302 e. The first kappa shape index (κ1) is 18.3. The highest BCUT2D eigenvalue weighted by Crippen LogP contribution is 2.66. The van der Waals surface area contributed by atoms with Gasteiger partial charge >= 0.3 is 5.97 Å². The van der Waals surface area contributed by atoms with E-state index in [0.717, 1.165) is 30.8 Å². The smallest absolute Gasteiger partial charge is 0.302 e. The first-order chi connectivity index (χ1) is 12.3. The van der Waals surface area contributed by atoms with E-state index in [1.165, 1.54) is 39.0 Å². The van der Waals surface area contributed by atoms with Gasteiger partial charge in [-0.3, -0.25) is 9.59 Å². The van der Waals surface area contributed by atoms with Crippen LogP contribution >= 0.6 is 0 Å². The van der Waals surface area contributed by atoms with E-state index in [0.29, 0.717) is 29.0 Å². The lowest BCUT2D eigenvalue weighted by Crippen LogP contribution is -2.53. The molecule has 0 amide bonds. The van der Waals surface area contributed by atoms with E-state index >= 15 is 0 Å². The molecule has 0 saturated heterocycles. The van der Waals surface area contributed by atoms with Crippen molar-refractivity contribution in [3.63, 3.8) is 0 Å². The fraction of sp³-hybridized carbons (Fsp3) is 0.826. The first-order valence-electron chi connectivity index (χ1n) is 10.7. The summed E-state index contributed by atoms with van der Waals surface area (Å²) >= 11 is 0. The van der Waals surface area contributed by atoms with Gasteiger partial charge in [-0.05, 0) is 91.9 Å². The molecule has 3 heteroatoms. The largest absolute Gasteiger partial charge is 0.463 e. The molecule has 4 rings (SSSR count). The second kappa shape index (κ2) is 6.21. The number of rotatable bonds is 1. The molecule has 4 fully saturated rings. The Morgan fingerprint density at radius 3 is 2.58 bits per heavy atom. The second-order valence-corrected chi connectivity index (χ2v) is 9.95. The minimum Gasteiger partial charge on any atom is -0.463 e. The molecule has 26 heavy (non-hydrogen) atoms. The molecular formula is C23H34O3. The molecule has 0 unspecified atom stereocenters. The number of hydrogen-bond donors (Lipinski definition) is 0. The van der Waals surface area contributed by atoms with E-state index < -0.39 is 0 Å². The number of esters is 1. The van der Waals surface area contributed by atoms with Crippen LogP contribution < -0.4 is 0 Å². The van der Waals surface area contributed by atoms with Crippen molar-refractivity contribution in [3.05, 3.63) is 11.6 Å². The van der Waals surface area contributed by atoms with Crippen LogP contribution in [0, 0.1) is 34.5 Å². The average molecular weight is 359 g/mol. The van der Waals surface area contributed by atoms with Crippen LogP contribution in [-0.2, 0) is 14.3 Å². The Labute approximate surface area is 157 Å². The molecule has 144 valence electrons. The lowest BCUT2D eigenvalue weighted by Gasteiger charge is -2.60.